The van der Waals surface area contributed by atoms with Crippen molar-refractivity contribution in [1.29, 1.82) is 0 Å². The molecule has 0 spiro atoms. The average molecular weight is 304 g/mol. The number of piperazine rings is 1. The normalized spacial score (nSPS) is 25.6. The Hall–Kier alpha value is -0.700. The van der Waals surface area contributed by atoms with Crippen molar-refractivity contribution in [2.75, 3.05) is 39.3 Å². The van der Waals surface area contributed by atoms with Gasteiger partial charge in [0.2, 0.25) is 5.91 Å². The molecule has 2 rings (SSSR count). The number of rotatable bonds is 4. The lowest BCUT2D eigenvalue weighted by atomic mass is 10.1. The Morgan fingerprint density at radius 1 is 1.25 bits per heavy atom. The van der Waals surface area contributed by atoms with Gasteiger partial charge in [-0.2, -0.15) is 17.4 Å². The van der Waals surface area contributed by atoms with Gasteiger partial charge in [0.25, 0.3) is 10.2 Å². The molecule has 7 nitrogen and oxygen atoms in total. The largest absolute Gasteiger partial charge is 0.339 e. The predicted molar refractivity (Wildman–Crippen MR) is 76.4 cm³/mol. The number of nitrogens with zero attached hydrogens (tertiary/aromatic N) is 2. The molecule has 0 radical (unpaired) electrons. The SMILES string of the molecule is CC1CCCCN1S(=O)(=O)NCC(=O)N1CCNCC1. The van der Waals surface area contributed by atoms with E-state index >= 15 is 0 Å². The summed E-state index contributed by atoms with van der Waals surface area (Å²) in [5.41, 5.74) is 0. The summed E-state index contributed by atoms with van der Waals surface area (Å²) >= 11 is 0. The van der Waals surface area contributed by atoms with Crippen molar-refractivity contribution in [1.82, 2.24) is 19.2 Å². The van der Waals surface area contributed by atoms with Crippen LogP contribution < -0.4 is 10.0 Å². The van der Waals surface area contributed by atoms with E-state index in [2.05, 4.69) is 10.0 Å². The highest BCUT2D eigenvalue weighted by atomic mass is 32.2. The molecule has 1 amide bonds. The van der Waals surface area contributed by atoms with Crippen LogP contribution >= 0.6 is 0 Å². The van der Waals surface area contributed by atoms with Crippen LogP contribution in [0.4, 0.5) is 0 Å². The maximum atomic E-state index is 12.2. The second-order valence-corrected chi connectivity index (χ2v) is 7.12. The molecular weight excluding hydrogens is 280 g/mol. The van der Waals surface area contributed by atoms with Crippen molar-refractivity contribution in [2.24, 2.45) is 0 Å². The average Bonchev–Trinajstić information content (AvgIpc) is 2.46. The lowest BCUT2D eigenvalue weighted by Gasteiger charge is -2.32. The molecule has 2 N–H and O–H groups in total. The predicted octanol–water partition coefficient (Wildman–Crippen LogP) is -0.873. The first-order valence-corrected chi connectivity index (χ1v) is 8.69. The van der Waals surface area contributed by atoms with E-state index in [0.29, 0.717) is 19.6 Å². The Bertz CT molecular complexity index is 434. The number of carbonyl (C=O) groups excluding carboxylic acids is 1. The van der Waals surface area contributed by atoms with Crippen molar-refractivity contribution in [3.8, 4) is 0 Å². The zero-order valence-electron chi connectivity index (χ0n) is 12.0. The van der Waals surface area contributed by atoms with Crippen molar-refractivity contribution in [2.45, 2.75) is 32.2 Å². The van der Waals surface area contributed by atoms with E-state index in [-0.39, 0.29) is 18.5 Å². The molecule has 0 aromatic rings. The number of hydrogen-bond acceptors (Lipinski definition) is 4. The summed E-state index contributed by atoms with van der Waals surface area (Å²) in [6, 6.07) is 0.00976. The smallest absolute Gasteiger partial charge is 0.280 e. The molecule has 0 aliphatic carbocycles. The maximum Gasteiger partial charge on any atom is 0.280 e. The van der Waals surface area contributed by atoms with E-state index in [1.165, 1.54) is 4.31 Å². The van der Waals surface area contributed by atoms with Gasteiger partial charge in [-0.15, -0.1) is 0 Å². The first kappa shape index (κ1) is 15.7. The molecule has 8 heteroatoms. The van der Waals surface area contributed by atoms with E-state index < -0.39 is 10.2 Å². The number of amides is 1. The molecule has 0 saturated carbocycles. The monoisotopic (exact) mass is 304 g/mol. The van der Waals surface area contributed by atoms with Crippen LogP contribution in [0.25, 0.3) is 0 Å². The Kier molecular flexibility index (Phi) is 5.36. The van der Waals surface area contributed by atoms with Gasteiger partial charge in [0.15, 0.2) is 0 Å². The van der Waals surface area contributed by atoms with Gasteiger partial charge in [-0.25, -0.2) is 0 Å². The molecule has 20 heavy (non-hydrogen) atoms. The molecule has 0 aromatic carbocycles. The van der Waals surface area contributed by atoms with Crippen molar-refractivity contribution in [3.63, 3.8) is 0 Å². The molecule has 2 saturated heterocycles. The number of nitrogens with one attached hydrogen (secondary N) is 2. The van der Waals surface area contributed by atoms with Crippen LogP contribution in [-0.2, 0) is 15.0 Å². The number of hydrogen-bond donors (Lipinski definition) is 2. The molecule has 0 aromatic heterocycles. The van der Waals surface area contributed by atoms with Gasteiger partial charge in [0, 0.05) is 38.8 Å². The van der Waals surface area contributed by atoms with E-state index in [1.54, 1.807) is 4.90 Å². The van der Waals surface area contributed by atoms with Crippen LogP contribution in [0.5, 0.6) is 0 Å². The zero-order valence-corrected chi connectivity index (χ0v) is 12.8. The van der Waals surface area contributed by atoms with Gasteiger partial charge < -0.3 is 10.2 Å². The van der Waals surface area contributed by atoms with Crippen molar-refractivity contribution < 1.29 is 13.2 Å². The summed E-state index contributed by atoms with van der Waals surface area (Å²) < 4.78 is 28.3. The quantitative estimate of drug-likeness (QED) is 0.707. The van der Waals surface area contributed by atoms with E-state index in [0.717, 1.165) is 32.4 Å². The first-order valence-electron chi connectivity index (χ1n) is 7.25. The lowest BCUT2D eigenvalue weighted by Crippen LogP contribution is -2.52. The van der Waals surface area contributed by atoms with Crippen LogP contribution in [0.2, 0.25) is 0 Å². The molecule has 116 valence electrons. The molecule has 2 aliphatic rings. The van der Waals surface area contributed by atoms with Gasteiger partial charge in [-0.05, 0) is 19.8 Å². The second kappa shape index (κ2) is 6.84. The topological polar surface area (TPSA) is 81.8 Å². The summed E-state index contributed by atoms with van der Waals surface area (Å²) in [5.74, 6) is -0.153. The van der Waals surface area contributed by atoms with Crippen LogP contribution in [-0.4, -0.2) is 68.8 Å². The van der Waals surface area contributed by atoms with E-state index in [9.17, 15) is 13.2 Å². The fourth-order valence-corrected chi connectivity index (χ4v) is 4.11. The minimum atomic E-state index is -3.55. The van der Waals surface area contributed by atoms with Crippen molar-refractivity contribution >= 4 is 16.1 Å². The highest BCUT2D eigenvalue weighted by molar-refractivity contribution is 7.87. The number of piperidine rings is 1. The van der Waals surface area contributed by atoms with E-state index in [1.807, 2.05) is 6.92 Å². The fraction of sp³-hybridized carbons (Fsp3) is 0.917. The minimum Gasteiger partial charge on any atom is -0.339 e. The molecule has 2 fully saturated rings. The maximum absolute atomic E-state index is 12.2. The molecule has 1 atom stereocenters. The Morgan fingerprint density at radius 3 is 2.60 bits per heavy atom. The fourth-order valence-electron chi connectivity index (χ4n) is 2.69. The molecule has 1 unspecified atom stereocenters. The standard InChI is InChI=1S/C12H24N4O3S/c1-11-4-2-3-7-16(11)20(18,19)14-10-12(17)15-8-5-13-6-9-15/h11,13-14H,2-10H2,1H3. The third-order valence-electron chi connectivity index (χ3n) is 3.93. The number of carbonyl (C=O) groups is 1. The first-order chi connectivity index (χ1) is 9.50. The lowest BCUT2D eigenvalue weighted by molar-refractivity contribution is -0.130. The molecule has 2 heterocycles. The van der Waals surface area contributed by atoms with Crippen LogP contribution in [0.3, 0.4) is 0 Å². The Morgan fingerprint density at radius 2 is 1.95 bits per heavy atom. The highest BCUT2D eigenvalue weighted by Gasteiger charge is 2.30. The summed E-state index contributed by atoms with van der Waals surface area (Å²) in [7, 11) is -3.55. The summed E-state index contributed by atoms with van der Waals surface area (Å²) in [6.07, 6.45) is 2.83. The van der Waals surface area contributed by atoms with Gasteiger partial charge in [0.1, 0.15) is 0 Å². The molecule has 2 aliphatic heterocycles. The van der Waals surface area contributed by atoms with E-state index in [4.69, 9.17) is 0 Å². The van der Waals surface area contributed by atoms with Gasteiger partial charge in [0.05, 0.1) is 6.54 Å². The Labute approximate surface area is 120 Å². The van der Waals surface area contributed by atoms with Crippen LogP contribution in [0.15, 0.2) is 0 Å². The summed E-state index contributed by atoms with van der Waals surface area (Å²) in [4.78, 5) is 13.7. The summed E-state index contributed by atoms with van der Waals surface area (Å²) in [5, 5.41) is 3.16. The van der Waals surface area contributed by atoms with Crippen LogP contribution in [0.1, 0.15) is 26.2 Å². The third-order valence-corrected chi connectivity index (χ3v) is 5.60. The second-order valence-electron chi connectivity index (χ2n) is 5.41. The highest BCUT2D eigenvalue weighted by Crippen LogP contribution is 2.18. The molecular formula is C12H24N4O3S. The minimum absolute atomic E-state index is 0.00976. The zero-order chi connectivity index (χ0) is 14.6. The molecule has 0 bridgehead atoms. The summed E-state index contributed by atoms with van der Waals surface area (Å²) in [6.45, 7) is 5.12. The third kappa shape index (κ3) is 3.91. The van der Waals surface area contributed by atoms with Crippen molar-refractivity contribution in [3.05, 3.63) is 0 Å². The van der Waals surface area contributed by atoms with Gasteiger partial charge in [-0.3, -0.25) is 4.79 Å². The van der Waals surface area contributed by atoms with Gasteiger partial charge >= 0.3 is 0 Å². The van der Waals surface area contributed by atoms with Crippen LogP contribution in [0, 0.1) is 0 Å². The van der Waals surface area contributed by atoms with Gasteiger partial charge in [-0.1, -0.05) is 6.42 Å². The Balaban J connectivity index is 1.86.